The second-order valence-corrected chi connectivity index (χ2v) is 7.01. The molecule has 2 heterocycles. The maximum atomic E-state index is 12.6. The molecule has 1 aromatic heterocycles. The highest BCUT2D eigenvalue weighted by Crippen LogP contribution is 2.47. The van der Waals surface area contributed by atoms with Crippen LogP contribution in [0.2, 0.25) is 5.02 Å². The van der Waals surface area contributed by atoms with Crippen molar-refractivity contribution in [3.05, 3.63) is 17.3 Å². The Bertz CT molecular complexity index is 590. The van der Waals surface area contributed by atoms with Crippen molar-refractivity contribution >= 4 is 23.3 Å². The summed E-state index contributed by atoms with van der Waals surface area (Å²) >= 11 is 6.00. The Morgan fingerprint density at radius 1 is 1.52 bits per heavy atom. The zero-order chi connectivity index (χ0) is 16.4. The second-order valence-electron chi connectivity index (χ2n) is 6.58. The monoisotopic (exact) mass is 339 g/mol. The molecule has 1 N–H and O–H groups in total. The van der Waals surface area contributed by atoms with Crippen LogP contribution in [0.5, 0.6) is 5.88 Å². The molecule has 126 valence electrons. The number of nitrogens with zero attached hydrogens (tertiary/aromatic N) is 2. The minimum absolute atomic E-state index is 0.0411. The van der Waals surface area contributed by atoms with E-state index in [1.54, 1.807) is 11.0 Å². The van der Waals surface area contributed by atoms with Gasteiger partial charge in [0, 0.05) is 24.7 Å². The molecule has 23 heavy (non-hydrogen) atoms. The number of hydrogen-bond donors (Lipinski definition) is 1. The van der Waals surface area contributed by atoms with Gasteiger partial charge in [0.15, 0.2) is 0 Å². The highest BCUT2D eigenvalue weighted by Gasteiger charge is 2.46. The number of rotatable bonds is 3. The Morgan fingerprint density at radius 3 is 3.00 bits per heavy atom. The number of carbonyl (C=O) groups is 1. The van der Waals surface area contributed by atoms with Gasteiger partial charge in [-0.3, -0.25) is 0 Å². The predicted molar refractivity (Wildman–Crippen MR) is 88.1 cm³/mol. The van der Waals surface area contributed by atoms with Crippen LogP contribution in [0.25, 0.3) is 0 Å². The average molecular weight is 340 g/mol. The van der Waals surface area contributed by atoms with Crippen LogP contribution in [0.1, 0.15) is 26.7 Å². The Kier molecular flexibility index (Phi) is 4.64. The third-order valence-electron chi connectivity index (χ3n) is 4.09. The fraction of sp³-hybridized carbons (Fsp3) is 0.625. The molecule has 1 saturated carbocycles. The number of urea groups is 1. The van der Waals surface area contributed by atoms with Crippen molar-refractivity contribution in [2.75, 3.05) is 31.6 Å². The van der Waals surface area contributed by atoms with Crippen LogP contribution >= 0.6 is 11.6 Å². The summed E-state index contributed by atoms with van der Waals surface area (Å²) in [7, 11) is 0. The van der Waals surface area contributed by atoms with E-state index in [2.05, 4.69) is 10.3 Å². The fourth-order valence-corrected chi connectivity index (χ4v) is 2.83. The maximum Gasteiger partial charge on any atom is 0.322 e. The number of halogens is 1. The standard InChI is InChI=1S/C16H22ClN3O3/c1-11(2)23-14-13(7-12(17)8-18-14)19-15(21)20-5-6-22-10-16(9-20)3-4-16/h7-8,11H,3-6,9-10H2,1-2H3,(H,19,21). The summed E-state index contributed by atoms with van der Waals surface area (Å²) in [5, 5.41) is 3.33. The van der Waals surface area contributed by atoms with Gasteiger partial charge in [0.1, 0.15) is 5.69 Å². The van der Waals surface area contributed by atoms with E-state index in [1.165, 1.54) is 6.20 Å². The lowest BCUT2D eigenvalue weighted by molar-refractivity contribution is 0.115. The number of pyridine rings is 1. The molecule has 0 atom stereocenters. The predicted octanol–water partition coefficient (Wildman–Crippen LogP) is 3.17. The highest BCUT2D eigenvalue weighted by atomic mass is 35.5. The van der Waals surface area contributed by atoms with Gasteiger partial charge in [-0.15, -0.1) is 0 Å². The minimum Gasteiger partial charge on any atom is -0.473 e. The van der Waals surface area contributed by atoms with Crippen molar-refractivity contribution < 1.29 is 14.3 Å². The van der Waals surface area contributed by atoms with E-state index in [-0.39, 0.29) is 17.6 Å². The third-order valence-corrected chi connectivity index (χ3v) is 4.30. The molecule has 1 aliphatic carbocycles. The lowest BCUT2D eigenvalue weighted by atomic mass is 10.1. The van der Waals surface area contributed by atoms with Crippen molar-refractivity contribution in [2.24, 2.45) is 5.41 Å². The van der Waals surface area contributed by atoms with Crippen LogP contribution in [0, 0.1) is 5.41 Å². The third kappa shape index (κ3) is 4.06. The largest absolute Gasteiger partial charge is 0.473 e. The summed E-state index contributed by atoms with van der Waals surface area (Å²) in [5.41, 5.74) is 0.656. The van der Waals surface area contributed by atoms with Gasteiger partial charge in [-0.25, -0.2) is 9.78 Å². The molecule has 3 rings (SSSR count). The molecule has 7 heteroatoms. The van der Waals surface area contributed by atoms with E-state index in [9.17, 15) is 4.79 Å². The summed E-state index contributed by atoms with van der Waals surface area (Å²) in [6.07, 6.45) is 3.71. The van der Waals surface area contributed by atoms with Crippen molar-refractivity contribution in [1.82, 2.24) is 9.88 Å². The molecule has 0 bridgehead atoms. The van der Waals surface area contributed by atoms with E-state index < -0.39 is 0 Å². The Hall–Kier alpha value is -1.53. The molecule has 0 unspecified atom stereocenters. The zero-order valence-corrected chi connectivity index (χ0v) is 14.2. The van der Waals surface area contributed by atoms with Gasteiger partial charge in [-0.05, 0) is 32.8 Å². The number of amides is 2. The maximum absolute atomic E-state index is 12.6. The lowest BCUT2D eigenvalue weighted by Crippen LogP contribution is -2.39. The summed E-state index contributed by atoms with van der Waals surface area (Å²) in [6, 6.07) is 1.49. The smallest absolute Gasteiger partial charge is 0.322 e. The molecule has 0 radical (unpaired) electrons. The molecular formula is C16H22ClN3O3. The van der Waals surface area contributed by atoms with Crippen LogP contribution in [-0.4, -0.2) is 48.3 Å². The SMILES string of the molecule is CC(C)Oc1ncc(Cl)cc1NC(=O)N1CCOCC2(CC2)C1. The first-order valence-corrected chi connectivity index (χ1v) is 8.31. The Balaban J connectivity index is 1.72. The first-order valence-electron chi connectivity index (χ1n) is 7.93. The van der Waals surface area contributed by atoms with Crippen molar-refractivity contribution in [2.45, 2.75) is 32.8 Å². The van der Waals surface area contributed by atoms with Gasteiger partial charge in [-0.1, -0.05) is 11.6 Å². The van der Waals surface area contributed by atoms with Gasteiger partial charge < -0.3 is 19.7 Å². The number of carbonyl (C=O) groups excluding carboxylic acids is 1. The van der Waals surface area contributed by atoms with Gasteiger partial charge in [0.05, 0.1) is 24.3 Å². The zero-order valence-electron chi connectivity index (χ0n) is 13.5. The fourth-order valence-electron chi connectivity index (χ4n) is 2.67. The first-order chi connectivity index (χ1) is 11.0. The molecule has 6 nitrogen and oxygen atoms in total. The summed E-state index contributed by atoms with van der Waals surface area (Å²) < 4.78 is 11.3. The summed E-state index contributed by atoms with van der Waals surface area (Å²) in [4.78, 5) is 18.6. The van der Waals surface area contributed by atoms with Crippen molar-refractivity contribution in [1.29, 1.82) is 0 Å². The lowest BCUT2D eigenvalue weighted by Gasteiger charge is -2.24. The van der Waals surface area contributed by atoms with E-state index in [0.29, 0.717) is 29.7 Å². The molecule has 2 aliphatic rings. The number of nitrogens with one attached hydrogen (secondary N) is 1. The van der Waals surface area contributed by atoms with Crippen LogP contribution in [-0.2, 0) is 4.74 Å². The van der Waals surface area contributed by atoms with Gasteiger partial charge in [-0.2, -0.15) is 0 Å². The average Bonchev–Trinajstić information content (AvgIpc) is 3.28. The minimum atomic E-state index is -0.167. The van der Waals surface area contributed by atoms with Gasteiger partial charge >= 0.3 is 6.03 Å². The van der Waals surface area contributed by atoms with Gasteiger partial charge in [0.2, 0.25) is 5.88 Å². The topological polar surface area (TPSA) is 63.7 Å². The summed E-state index contributed by atoms with van der Waals surface area (Å²) in [5.74, 6) is 0.380. The van der Waals surface area contributed by atoms with Crippen molar-refractivity contribution in [3.63, 3.8) is 0 Å². The number of hydrogen-bond acceptors (Lipinski definition) is 4. The molecule has 1 aromatic rings. The second kappa shape index (κ2) is 6.53. The van der Waals surface area contributed by atoms with E-state index in [1.807, 2.05) is 13.8 Å². The van der Waals surface area contributed by atoms with Crippen LogP contribution < -0.4 is 10.1 Å². The normalized spacial score (nSPS) is 19.6. The van der Waals surface area contributed by atoms with Crippen LogP contribution in [0.4, 0.5) is 10.5 Å². The van der Waals surface area contributed by atoms with E-state index >= 15 is 0 Å². The molecule has 0 aromatic carbocycles. The molecule has 1 spiro atoms. The number of aromatic nitrogens is 1. The first kappa shape index (κ1) is 16.3. The molecule has 2 amide bonds. The van der Waals surface area contributed by atoms with Crippen molar-refractivity contribution in [3.8, 4) is 5.88 Å². The Morgan fingerprint density at radius 2 is 2.30 bits per heavy atom. The van der Waals surface area contributed by atoms with Gasteiger partial charge in [0.25, 0.3) is 0 Å². The highest BCUT2D eigenvalue weighted by molar-refractivity contribution is 6.30. The number of ether oxygens (including phenoxy) is 2. The van der Waals surface area contributed by atoms with E-state index in [4.69, 9.17) is 21.1 Å². The van der Waals surface area contributed by atoms with Crippen LogP contribution in [0.15, 0.2) is 12.3 Å². The van der Waals surface area contributed by atoms with E-state index in [0.717, 1.165) is 26.0 Å². The molecule has 2 fully saturated rings. The Labute approximate surface area is 141 Å². The molecule has 1 saturated heterocycles. The summed E-state index contributed by atoms with van der Waals surface area (Å²) in [6.45, 7) is 6.44. The molecule has 1 aliphatic heterocycles. The quantitative estimate of drug-likeness (QED) is 0.918. The molecular weight excluding hydrogens is 318 g/mol. The number of anilines is 1. The van der Waals surface area contributed by atoms with Crippen LogP contribution in [0.3, 0.4) is 0 Å².